The second-order valence-corrected chi connectivity index (χ2v) is 15.8. The zero-order chi connectivity index (χ0) is 32.7. The maximum absolute atomic E-state index is 2.58. The van der Waals surface area contributed by atoms with Crippen molar-refractivity contribution in [3.8, 4) is 11.1 Å². The summed E-state index contributed by atoms with van der Waals surface area (Å²) in [5, 5.41) is 7.77. The molecule has 10 rings (SSSR count). The minimum Gasteiger partial charge on any atom is -0.308 e. The quantitative estimate of drug-likeness (QED) is 0.183. The number of hydrogen-bond acceptors (Lipinski definition) is 2. The van der Waals surface area contributed by atoms with Gasteiger partial charge in [0.15, 0.2) is 0 Å². The van der Waals surface area contributed by atoms with E-state index in [1.54, 1.807) is 0 Å². The normalized spacial score (nSPS) is 15.6. The van der Waals surface area contributed by atoms with Gasteiger partial charge in [-0.15, -0.1) is 11.3 Å². The lowest BCUT2D eigenvalue weighted by atomic mass is 9.78. The first kappa shape index (κ1) is 29.0. The molecule has 0 saturated heterocycles. The van der Waals surface area contributed by atoms with Gasteiger partial charge < -0.3 is 4.90 Å². The van der Waals surface area contributed by atoms with Crippen LogP contribution in [-0.4, -0.2) is 0 Å². The van der Waals surface area contributed by atoms with Gasteiger partial charge in [-0.1, -0.05) is 136 Å². The summed E-state index contributed by atoms with van der Waals surface area (Å²) in [6.45, 7) is 4.90. The van der Waals surface area contributed by atoms with Crippen molar-refractivity contribution in [2.24, 2.45) is 0 Å². The van der Waals surface area contributed by atoms with Crippen molar-refractivity contribution in [1.29, 1.82) is 0 Å². The minimum atomic E-state index is -0.118. The molecule has 49 heavy (non-hydrogen) atoms. The van der Waals surface area contributed by atoms with Gasteiger partial charge in [0.1, 0.15) is 0 Å². The maximum atomic E-state index is 2.58. The molecule has 8 aromatic rings. The monoisotopic (exact) mass is 649 g/mol. The van der Waals surface area contributed by atoms with Gasteiger partial charge in [-0.3, -0.25) is 0 Å². The second kappa shape index (κ2) is 11.1. The van der Waals surface area contributed by atoms with Gasteiger partial charge in [-0.2, -0.15) is 0 Å². The first-order valence-electron chi connectivity index (χ1n) is 18.0. The summed E-state index contributed by atoms with van der Waals surface area (Å²) in [7, 11) is 0. The molecule has 0 amide bonds. The van der Waals surface area contributed by atoms with Crippen LogP contribution >= 0.6 is 11.3 Å². The number of fused-ring (bicyclic) bond motifs is 9. The zero-order valence-corrected chi connectivity index (χ0v) is 29.0. The van der Waals surface area contributed by atoms with Crippen LogP contribution in [-0.2, 0) is 5.41 Å². The lowest BCUT2D eigenvalue weighted by molar-refractivity contribution is 0.443. The van der Waals surface area contributed by atoms with Crippen LogP contribution < -0.4 is 4.90 Å². The van der Waals surface area contributed by atoms with Crippen molar-refractivity contribution >= 4 is 70.1 Å². The lowest BCUT2D eigenvalue weighted by Crippen LogP contribution is -2.17. The summed E-state index contributed by atoms with van der Waals surface area (Å²) in [6.07, 6.45) is 6.75. The van der Waals surface area contributed by atoms with Crippen LogP contribution in [0.4, 0.5) is 17.1 Å². The highest BCUT2D eigenvalue weighted by atomic mass is 32.1. The average Bonchev–Trinajstić information content (AvgIpc) is 3.64. The third-order valence-corrected chi connectivity index (χ3v) is 12.8. The molecule has 0 spiro atoms. The topological polar surface area (TPSA) is 3.24 Å². The molecule has 0 atom stereocenters. The summed E-state index contributed by atoms with van der Waals surface area (Å²) >= 11 is 1.90. The summed E-state index contributed by atoms with van der Waals surface area (Å²) < 4.78 is 2.65. The number of hydrogen-bond donors (Lipinski definition) is 0. The van der Waals surface area contributed by atoms with E-state index in [0.717, 1.165) is 0 Å². The van der Waals surface area contributed by atoms with E-state index in [1.165, 1.54) is 119 Å². The second-order valence-electron chi connectivity index (χ2n) is 14.7. The molecule has 1 nitrogen and oxygen atoms in total. The van der Waals surface area contributed by atoms with E-state index in [0.29, 0.717) is 5.92 Å². The van der Waals surface area contributed by atoms with E-state index in [1.807, 2.05) is 11.3 Å². The van der Waals surface area contributed by atoms with Gasteiger partial charge in [0, 0.05) is 32.0 Å². The van der Waals surface area contributed by atoms with E-state index in [4.69, 9.17) is 0 Å². The number of thiophene rings is 1. The molecule has 2 heteroatoms. The third-order valence-electron chi connectivity index (χ3n) is 11.6. The van der Waals surface area contributed by atoms with Crippen LogP contribution in [0.25, 0.3) is 52.8 Å². The van der Waals surface area contributed by atoms with Gasteiger partial charge in [-0.05, 0) is 93.1 Å². The van der Waals surface area contributed by atoms with E-state index < -0.39 is 0 Å². The highest BCUT2D eigenvalue weighted by Gasteiger charge is 2.38. The molecule has 1 heterocycles. The third kappa shape index (κ3) is 4.43. The Labute approximate surface area is 292 Å². The smallest absolute Gasteiger partial charge is 0.0640 e. The molecule has 1 fully saturated rings. The highest BCUT2D eigenvalue weighted by molar-refractivity contribution is 7.26. The Hall–Kier alpha value is -4.92. The molecule has 7 aromatic carbocycles. The molecule has 1 saturated carbocycles. The van der Waals surface area contributed by atoms with Crippen LogP contribution in [0.15, 0.2) is 133 Å². The van der Waals surface area contributed by atoms with Crippen molar-refractivity contribution < 1.29 is 0 Å². The number of rotatable bonds is 4. The fraction of sp³-hybridized carbons (Fsp3) is 0.191. The van der Waals surface area contributed by atoms with Gasteiger partial charge in [0.05, 0.1) is 16.1 Å². The van der Waals surface area contributed by atoms with Crippen LogP contribution in [0.5, 0.6) is 0 Å². The van der Waals surface area contributed by atoms with Gasteiger partial charge in [0.25, 0.3) is 0 Å². The predicted molar refractivity (Wildman–Crippen MR) is 212 cm³/mol. The fourth-order valence-corrected chi connectivity index (χ4v) is 10.3. The lowest BCUT2D eigenvalue weighted by Gasteiger charge is -2.30. The molecule has 238 valence electrons. The highest BCUT2D eigenvalue weighted by Crippen LogP contribution is 2.56. The number of anilines is 3. The molecule has 1 aromatic heterocycles. The van der Waals surface area contributed by atoms with Crippen LogP contribution in [0.3, 0.4) is 0 Å². The van der Waals surface area contributed by atoms with Crippen molar-refractivity contribution in [3.05, 3.63) is 150 Å². The average molecular weight is 650 g/mol. The SMILES string of the molecule is CC1(C)c2cc(C3CCCCC3)ccc2-c2c1cc(N(c1ccc3ccccc3c1)c1cccc3c1sc1ccccc13)c1ccccc21. The van der Waals surface area contributed by atoms with E-state index in [9.17, 15) is 0 Å². The fourth-order valence-electron chi connectivity index (χ4n) is 9.09. The zero-order valence-electron chi connectivity index (χ0n) is 28.2. The van der Waals surface area contributed by atoms with Crippen LogP contribution in [0.2, 0.25) is 0 Å². The van der Waals surface area contributed by atoms with Gasteiger partial charge in [-0.25, -0.2) is 0 Å². The Morgan fingerprint density at radius 1 is 0.571 bits per heavy atom. The summed E-state index contributed by atoms with van der Waals surface area (Å²) in [5.41, 5.74) is 10.8. The molecule has 2 aliphatic carbocycles. The van der Waals surface area contributed by atoms with E-state index >= 15 is 0 Å². The maximum Gasteiger partial charge on any atom is 0.0640 e. The van der Waals surface area contributed by atoms with Crippen LogP contribution in [0.1, 0.15) is 68.6 Å². The standard InChI is InChI=1S/C47H39NS/c1-47(2)40-28-33(30-13-4-3-5-14-30)24-26-39(40)45-37-19-9-8-17-35(37)43(29-41(45)47)48(34-25-23-31-15-6-7-16-32(31)27-34)42-21-12-20-38-36-18-10-11-22-44(36)49-46(38)42/h6-12,15-30H,3-5,13-14H2,1-2H3. The number of benzene rings is 7. The molecule has 0 N–H and O–H groups in total. The summed E-state index contributed by atoms with van der Waals surface area (Å²) in [6, 6.07) is 50.6. The first-order valence-corrected chi connectivity index (χ1v) is 18.8. The Morgan fingerprint density at radius 2 is 1.31 bits per heavy atom. The molecule has 2 aliphatic rings. The van der Waals surface area contributed by atoms with Crippen molar-refractivity contribution in [2.75, 3.05) is 4.90 Å². The van der Waals surface area contributed by atoms with Crippen molar-refractivity contribution in [2.45, 2.75) is 57.3 Å². The Morgan fingerprint density at radius 3 is 2.16 bits per heavy atom. The summed E-state index contributed by atoms with van der Waals surface area (Å²) in [5.74, 6) is 0.691. The molecular formula is C47H39NS. The van der Waals surface area contributed by atoms with E-state index in [-0.39, 0.29) is 5.41 Å². The Bertz CT molecular complexity index is 2580. The number of nitrogens with zero attached hydrogens (tertiary/aromatic N) is 1. The van der Waals surface area contributed by atoms with Crippen molar-refractivity contribution in [3.63, 3.8) is 0 Å². The summed E-state index contributed by atoms with van der Waals surface area (Å²) in [4.78, 5) is 2.55. The van der Waals surface area contributed by atoms with Crippen molar-refractivity contribution in [1.82, 2.24) is 0 Å². The molecule has 0 unspecified atom stereocenters. The van der Waals surface area contributed by atoms with Gasteiger partial charge >= 0.3 is 0 Å². The minimum absolute atomic E-state index is 0.118. The molecular weight excluding hydrogens is 611 g/mol. The van der Waals surface area contributed by atoms with Crippen LogP contribution in [0, 0.1) is 0 Å². The van der Waals surface area contributed by atoms with E-state index in [2.05, 4.69) is 152 Å². The predicted octanol–water partition coefficient (Wildman–Crippen LogP) is 14.2. The Balaban J connectivity index is 1.25. The molecule has 0 radical (unpaired) electrons. The largest absolute Gasteiger partial charge is 0.308 e. The van der Waals surface area contributed by atoms with Gasteiger partial charge in [0.2, 0.25) is 0 Å². The Kier molecular flexibility index (Phi) is 6.55. The first-order chi connectivity index (χ1) is 24.1. The molecule has 0 bridgehead atoms. The molecule has 0 aliphatic heterocycles.